The van der Waals surface area contributed by atoms with E-state index in [1.807, 2.05) is 0 Å². The lowest BCUT2D eigenvalue weighted by molar-refractivity contribution is -0.131. The van der Waals surface area contributed by atoms with E-state index >= 15 is 0 Å². The Morgan fingerprint density at radius 3 is 2.34 bits per heavy atom. The Kier molecular flexibility index (Phi) is 10.7. The molecule has 0 spiro atoms. The second kappa shape index (κ2) is 13.7. The second-order valence-electron chi connectivity index (χ2n) is 7.99. The van der Waals surface area contributed by atoms with Crippen molar-refractivity contribution in [2.75, 3.05) is 13.1 Å². The van der Waals surface area contributed by atoms with Gasteiger partial charge in [-0.1, -0.05) is 12.1 Å². The molecule has 13 nitrogen and oxygen atoms in total. The zero-order valence-electron chi connectivity index (χ0n) is 19.2. The number of imidazole rings is 1. The number of nitrogens with one attached hydrogen (secondary N) is 4. The fourth-order valence-electron chi connectivity index (χ4n) is 3.20. The fraction of sp³-hybridized carbons (Fsp3) is 0.409. The Labute approximate surface area is 202 Å². The predicted molar refractivity (Wildman–Crippen MR) is 126 cm³/mol. The molecule has 1 heterocycles. The van der Waals surface area contributed by atoms with Crippen LogP contribution in [-0.4, -0.2) is 69.9 Å². The zero-order valence-corrected chi connectivity index (χ0v) is 19.2. The summed E-state index contributed by atoms with van der Waals surface area (Å²) in [6.45, 7) is -0.00983. The molecule has 35 heavy (non-hydrogen) atoms. The molecule has 0 saturated heterocycles. The number of aromatic amines is 1. The number of nitrogens with two attached hydrogens (primary N) is 3. The van der Waals surface area contributed by atoms with Gasteiger partial charge < -0.3 is 43.2 Å². The first kappa shape index (κ1) is 27.3. The number of rotatable bonds is 14. The Bertz CT molecular complexity index is 980. The fourth-order valence-corrected chi connectivity index (χ4v) is 3.20. The van der Waals surface area contributed by atoms with Crippen molar-refractivity contribution in [2.45, 2.75) is 43.8 Å². The first-order chi connectivity index (χ1) is 16.7. The summed E-state index contributed by atoms with van der Waals surface area (Å²) in [5.74, 6) is -2.52. The van der Waals surface area contributed by atoms with Gasteiger partial charge in [0.15, 0.2) is 0 Å². The van der Waals surface area contributed by atoms with Crippen LogP contribution in [0.5, 0.6) is 5.75 Å². The highest BCUT2D eigenvalue weighted by Crippen LogP contribution is 2.12. The molecular formula is C22H32N8O5. The van der Waals surface area contributed by atoms with Gasteiger partial charge in [-0.15, -0.1) is 0 Å². The summed E-state index contributed by atoms with van der Waals surface area (Å²) in [4.78, 5) is 56.2. The van der Waals surface area contributed by atoms with Crippen molar-refractivity contribution in [3.8, 4) is 5.75 Å². The van der Waals surface area contributed by atoms with Crippen molar-refractivity contribution in [1.29, 1.82) is 0 Å². The predicted octanol–water partition coefficient (Wildman–Crippen LogP) is -2.46. The number of primary amides is 1. The molecule has 2 rings (SSSR count). The Hall–Kier alpha value is -3.97. The van der Waals surface area contributed by atoms with Crippen LogP contribution in [0, 0.1) is 0 Å². The summed E-state index contributed by atoms with van der Waals surface area (Å²) in [7, 11) is 0. The highest BCUT2D eigenvalue weighted by Gasteiger charge is 2.27. The van der Waals surface area contributed by atoms with E-state index in [2.05, 4.69) is 25.9 Å². The lowest BCUT2D eigenvalue weighted by Gasteiger charge is -2.22. The maximum atomic E-state index is 13.0. The van der Waals surface area contributed by atoms with Crippen LogP contribution >= 0.6 is 0 Å². The summed E-state index contributed by atoms with van der Waals surface area (Å²) < 4.78 is 0. The van der Waals surface area contributed by atoms with Gasteiger partial charge in [-0.3, -0.25) is 19.2 Å². The van der Waals surface area contributed by atoms with Crippen molar-refractivity contribution >= 4 is 23.6 Å². The molecule has 0 saturated carbocycles. The first-order valence-corrected chi connectivity index (χ1v) is 11.1. The van der Waals surface area contributed by atoms with Crippen LogP contribution < -0.4 is 33.2 Å². The molecule has 1 aromatic heterocycles. The maximum absolute atomic E-state index is 13.0. The van der Waals surface area contributed by atoms with E-state index in [-0.39, 0.29) is 18.6 Å². The number of carbonyl (C=O) groups excluding carboxylic acids is 4. The Morgan fingerprint density at radius 1 is 1.03 bits per heavy atom. The van der Waals surface area contributed by atoms with Gasteiger partial charge in [0.05, 0.1) is 18.9 Å². The van der Waals surface area contributed by atoms with Crippen molar-refractivity contribution in [2.24, 2.45) is 17.2 Å². The second-order valence-corrected chi connectivity index (χ2v) is 7.99. The average Bonchev–Trinajstić information content (AvgIpc) is 3.34. The van der Waals surface area contributed by atoms with Gasteiger partial charge in [0.25, 0.3) is 0 Å². The maximum Gasteiger partial charge on any atom is 0.243 e. The van der Waals surface area contributed by atoms with E-state index in [9.17, 15) is 24.3 Å². The van der Waals surface area contributed by atoms with Gasteiger partial charge in [-0.05, 0) is 37.1 Å². The van der Waals surface area contributed by atoms with Gasteiger partial charge in [0, 0.05) is 24.7 Å². The molecule has 1 aromatic carbocycles. The van der Waals surface area contributed by atoms with Crippen LogP contribution in [0.25, 0.3) is 0 Å². The first-order valence-electron chi connectivity index (χ1n) is 11.1. The molecule has 0 radical (unpaired) electrons. The largest absolute Gasteiger partial charge is 0.508 e. The molecule has 2 aromatic rings. The SMILES string of the molecule is NCCC[C@H](N)C(=O)NCC(=O)N[C@@H](Cc1ccc(O)cc1)C(=O)N[C@@H](Cc1cnc[nH]1)C(N)=O. The number of phenols is 1. The van der Waals surface area contributed by atoms with Gasteiger partial charge in [-0.2, -0.15) is 0 Å². The summed E-state index contributed by atoms with van der Waals surface area (Å²) in [6.07, 6.45) is 4.00. The standard InChI is InChI=1S/C22H32N8O5/c23-7-1-2-16(24)21(34)27-11-19(32)29-18(8-13-3-5-15(31)6-4-13)22(35)30-17(20(25)33)9-14-10-26-12-28-14/h3-6,10,12,16-18,31H,1-2,7-9,11,23-24H2,(H2,25,33)(H,26,28)(H,27,34)(H,29,32)(H,30,35)/t16-,17-,18-/m0/s1. The number of aromatic hydroxyl groups is 1. The Balaban J connectivity index is 2.06. The minimum Gasteiger partial charge on any atom is -0.508 e. The molecule has 0 aliphatic carbocycles. The number of aromatic nitrogens is 2. The smallest absolute Gasteiger partial charge is 0.243 e. The summed E-state index contributed by atoms with van der Waals surface area (Å²) in [5, 5.41) is 17.0. The third-order valence-corrected chi connectivity index (χ3v) is 5.15. The van der Waals surface area contributed by atoms with Gasteiger partial charge >= 0.3 is 0 Å². The van der Waals surface area contributed by atoms with Crippen LogP contribution in [0.3, 0.4) is 0 Å². The van der Waals surface area contributed by atoms with E-state index in [1.165, 1.54) is 24.7 Å². The highest BCUT2D eigenvalue weighted by molar-refractivity contribution is 5.93. The van der Waals surface area contributed by atoms with Gasteiger partial charge in [-0.25, -0.2) is 4.98 Å². The van der Waals surface area contributed by atoms with Crippen LogP contribution in [0.1, 0.15) is 24.1 Å². The van der Waals surface area contributed by atoms with E-state index < -0.39 is 48.3 Å². The molecule has 0 fully saturated rings. The monoisotopic (exact) mass is 488 g/mol. The van der Waals surface area contributed by atoms with Gasteiger partial charge in [0.2, 0.25) is 23.6 Å². The number of phenolic OH excluding ortho intramolecular Hbond substituents is 1. The molecule has 0 unspecified atom stereocenters. The highest BCUT2D eigenvalue weighted by atomic mass is 16.3. The zero-order chi connectivity index (χ0) is 25.8. The number of H-pyrrole nitrogens is 1. The molecule has 0 aliphatic rings. The minimum atomic E-state index is -1.10. The van der Waals surface area contributed by atoms with Crippen molar-refractivity contribution in [3.05, 3.63) is 48.0 Å². The third-order valence-electron chi connectivity index (χ3n) is 5.15. The van der Waals surface area contributed by atoms with E-state index in [1.54, 1.807) is 12.1 Å². The molecule has 190 valence electrons. The van der Waals surface area contributed by atoms with Crippen molar-refractivity contribution < 1.29 is 24.3 Å². The summed E-state index contributed by atoms with van der Waals surface area (Å²) in [6, 6.07) is 3.12. The average molecular weight is 489 g/mol. The van der Waals surface area contributed by atoms with Crippen LogP contribution in [0.2, 0.25) is 0 Å². The molecule has 13 heteroatoms. The molecule has 0 aliphatic heterocycles. The lowest BCUT2D eigenvalue weighted by atomic mass is 10.0. The number of amides is 4. The Morgan fingerprint density at radius 2 is 1.74 bits per heavy atom. The van der Waals surface area contributed by atoms with E-state index in [0.29, 0.717) is 30.6 Å². The van der Waals surface area contributed by atoms with Crippen molar-refractivity contribution in [3.63, 3.8) is 0 Å². The molecule has 0 bridgehead atoms. The van der Waals surface area contributed by atoms with E-state index in [0.717, 1.165) is 0 Å². The minimum absolute atomic E-state index is 0.0424. The van der Waals surface area contributed by atoms with E-state index in [4.69, 9.17) is 17.2 Å². The molecular weight excluding hydrogens is 456 g/mol. The number of benzene rings is 1. The number of nitrogens with zero attached hydrogens (tertiary/aromatic N) is 1. The topological polar surface area (TPSA) is 231 Å². The normalized spacial score (nSPS) is 13.3. The summed E-state index contributed by atoms with van der Waals surface area (Å²) in [5.41, 5.74) is 17.8. The third kappa shape index (κ3) is 9.43. The number of hydrogen-bond donors (Lipinski definition) is 8. The molecule has 3 atom stereocenters. The molecule has 4 amide bonds. The lowest BCUT2D eigenvalue weighted by Crippen LogP contribution is -2.55. The quantitative estimate of drug-likeness (QED) is 0.142. The summed E-state index contributed by atoms with van der Waals surface area (Å²) >= 11 is 0. The number of carbonyl (C=O) groups is 4. The van der Waals surface area contributed by atoms with Crippen LogP contribution in [0.15, 0.2) is 36.8 Å². The number of hydrogen-bond acceptors (Lipinski definition) is 8. The molecule has 11 N–H and O–H groups in total. The van der Waals surface area contributed by atoms with Gasteiger partial charge in [0.1, 0.15) is 17.8 Å². The van der Waals surface area contributed by atoms with Crippen molar-refractivity contribution in [1.82, 2.24) is 25.9 Å². The van der Waals surface area contributed by atoms with Crippen LogP contribution in [0.4, 0.5) is 0 Å². The van der Waals surface area contributed by atoms with Crippen LogP contribution in [-0.2, 0) is 32.0 Å².